The molecule has 1 aromatic carbocycles. The lowest BCUT2D eigenvalue weighted by atomic mass is 10.1. The first-order valence-corrected chi connectivity index (χ1v) is 7.09. The first-order chi connectivity index (χ1) is 10.0. The lowest BCUT2D eigenvalue weighted by Crippen LogP contribution is -2.39. The Hall–Kier alpha value is -1.88. The van der Waals surface area contributed by atoms with Crippen molar-refractivity contribution < 1.29 is 14.3 Å². The third kappa shape index (κ3) is 6.90. The van der Waals surface area contributed by atoms with Crippen LogP contribution in [0.25, 0.3) is 0 Å². The van der Waals surface area contributed by atoms with Crippen molar-refractivity contribution in [1.29, 1.82) is 0 Å². The maximum Gasteiger partial charge on any atom is 0.239 e. The number of carbonyl (C=O) groups excluding carboxylic acids is 2. The van der Waals surface area contributed by atoms with Crippen molar-refractivity contribution in [1.82, 2.24) is 10.2 Å². The molecule has 116 valence electrons. The molecule has 0 spiro atoms. The van der Waals surface area contributed by atoms with Gasteiger partial charge in [0, 0.05) is 33.7 Å². The van der Waals surface area contributed by atoms with Crippen LogP contribution >= 0.6 is 0 Å². The summed E-state index contributed by atoms with van der Waals surface area (Å²) in [4.78, 5) is 25.0. The van der Waals surface area contributed by atoms with Gasteiger partial charge >= 0.3 is 0 Å². The van der Waals surface area contributed by atoms with Gasteiger partial charge in [0.1, 0.15) is 0 Å². The third-order valence-electron chi connectivity index (χ3n) is 3.12. The van der Waals surface area contributed by atoms with Crippen LogP contribution in [0.15, 0.2) is 24.3 Å². The van der Waals surface area contributed by atoms with Crippen molar-refractivity contribution in [2.24, 2.45) is 0 Å². The normalized spacial score (nSPS) is 10.2. The topological polar surface area (TPSA) is 58.6 Å². The molecule has 1 N–H and O–H groups in total. The van der Waals surface area contributed by atoms with E-state index in [0.29, 0.717) is 19.7 Å². The number of nitrogens with zero attached hydrogens (tertiary/aromatic N) is 1. The number of aryl methyl sites for hydroxylation is 1. The van der Waals surface area contributed by atoms with Gasteiger partial charge in [-0.25, -0.2) is 0 Å². The predicted molar refractivity (Wildman–Crippen MR) is 81.8 cm³/mol. The van der Waals surface area contributed by atoms with Crippen molar-refractivity contribution in [2.75, 3.05) is 26.8 Å². The van der Waals surface area contributed by atoms with Gasteiger partial charge in [-0.2, -0.15) is 0 Å². The minimum Gasteiger partial charge on any atom is -0.385 e. The number of amides is 2. The van der Waals surface area contributed by atoms with E-state index in [4.69, 9.17) is 4.74 Å². The van der Waals surface area contributed by atoms with Gasteiger partial charge in [-0.05, 0) is 18.9 Å². The molecule has 1 rings (SSSR count). The number of carbonyl (C=O) groups is 2. The number of methoxy groups -OCH3 is 1. The summed E-state index contributed by atoms with van der Waals surface area (Å²) >= 11 is 0. The van der Waals surface area contributed by atoms with Gasteiger partial charge < -0.3 is 15.0 Å². The molecule has 0 atom stereocenters. The van der Waals surface area contributed by atoms with Crippen LogP contribution in [-0.2, 0) is 20.9 Å². The van der Waals surface area contributed by atoms with Gasteiger partial charge in [0.25, 0.3) is 0 Å². The van der Waals surface area contributed by atoms with E-state index in [2.05, 4.69) is 5.32 Å². The van der Waals surface area contributed by atoms with Crippen molar-refractivity contribution in [3.63, 3.8) is 0 Å². The number of ether oxygens (including phenoxy) is 1. The Morgan fingerprint density at radius 3 is 2.48 bits per heavy atom. The molecule has 0 aliphatic rings. The minimum atomic E-state index is -0.145. The molecule has 0 aliphatic carbocycles. The molecule has 0 saturated carbocycles. The first kappa shape index (κ1) is 17.2. The Labute approximate surface area is 126 Å². The van der Waals surface area contributed by atoms with Crippen LogP contribution in [-0.4, -0.2) is 43.5 Å². The van der Waals surface area contributed by atoms with E-state index in [9.17, 15) is 9.59 Å². The van der Waals surface area contributed by atoms with E-state index in [1.165, 1.54) is 17.4 Å². The summed E-state index contributed by atoms with van der Waals surface area (Å²) in [6.07, 6.45) is 0.764. The average Bonchev–Trinajstić information content (AvgIpc) is 2.45. The SMILES string of the molecule is COCCCNC(=O)CN(Cc1ccc(C)cc1)C(C)=O. The average molecular weight is 292 g/mol. The maximum atomic E-state index is 11.8. The second kappa shape index (κ2) is 9.13. The van der Waals surface area contributed by atoms with Crippen LogP contribution in [0.4, 0.5) is 0 Å². The van der Waals surface area contributed by atoms with Gasteiger partial charge in [0.2, 0.25) is 11.8 Å². The highest BCUT2D eigenvalue weighted by atomic mass is 16.5. The molecular formula is C16H24N2O3. The van der Waals surface area contributed by atoms with E-state index in [1.807, 2.05) is 31.2 Å². The van der Waals surface area contributed by atoms with E-state index < -0.39 is 0 Å². The number of hydrogen-bond donors (Lipinski definition) is 1. The van der Waals surface area contributed by atoms with Gasteiger partial charge in [-0.1, -0.05) is 29.8 Å². The van der Waals surface area contributed by atoms with Crippen molar-refractivity contribution >= 4 is 11.8 Å². The van der Waals surface area contributed by atoms with E-state index in [-0.39, 0.29) is 18.4 Å². The smallest absolute Gasteiger partial charge is 0.239 e. The molecule has 0 unspecified atom stereocenters. The standard InChI is InChI=1S/C16H24N2O3/c1-13-5-7-15(8-6-13)11-18(14(2)19)12-16(20)17-9-4-10-21-3/h5-8H,4,9-12H2,1-3H3,(H,17,20). The molecule has 0 heterocycles. The Kier molecular flexibility index (Phi) is 7.46. The number of nitrogens with one attached hydrogen (secondary N) is 1. The lowest BCUT2D eigenvalue weighted by molar-refractivity contribution is -0.134. The molecule has 1 aromatic rings. The predicted octanol–water partition coefficient (Wildman–Crippen LogP) is 1.50. The quantitative estimate of drug-likeness (QED) is 0.739. The van der Waals surface area contributed by atoms with E-state index in [0.717, 1.165) is 12.0 Å². The zero-order chi connectivity index (χ0) is 15.7. The zero-order valence-electron chi connectivity index (χ0n) is 13.0. The molecule has 0 fully saturated rings. The zero-order valence-corrected chi connectivity index (χ0v) is 13.0. The van der Waals surface area contributed by atoms with Crippen molar-refractivity contribution in [3.05, 3.63) is 35.4 Å². The van der Waals surface area contributed by atoms with Crippen molar-refractivity contribution in [3.8, 4) is 0 Å². The molecule has 21 heavy (non-hydrogen) atoms. The van der Waals surface area contributed by atoms with Crippen LogP contribution in [0.5, 0.6) is 0 Å². The van der Waals surface area contributed by atoms with E-state index in [1.54, 1.807) is 7.11 Å². The highest BCUT2D eigenvalue weighted by Crippen LogP contribution is 2.07. The number of rotatable bonds is 8. The summed E-state index contributed by atoms with van der Waals surface area (Å²) in [7, 11) is 1.63. The summed E-state index contributed by atoms with van der Waals surface area (Å²) < 4.78 is 4.92. The molecular weight excluding hydrogens is 268 g/mol. The third-order valence-corrected chi connectivity index (χ3v) is 3.12. The largest absolute Gasteiger partial charge is 0.385 e. The Balaban J connectivity index is 2.48. The number of benzene rings is 1. The fourth-order valence-corrected chi connectivity index (χ4v) is 1.87. The van der Waals surface area contributed by atoms with Crippen LogP contribution in [0.3, 0.4) is 0 Å². The van der Waals surface area contributed by atoms with Gasteiger partial charge in [-0.15, -0.1) is 0 Å². The van der Waals surface area contributed by atoms with Gasteiger partial charge in [0.15, 0.2) is 0 Å². The molecule has 5 nitrogen and oxygen atoms in total. The van der Waals surface area contributed by atoms with Crippen LogP contribution in [0, 0.1) is 6.92 Å². The van der Waals surface area contributed by atoms with Gasteiger partial charge in [-0.3, -0.25) is 9.59 Å². The Bertz CT molecular complexity index is 457. The highest BCUT2D eigenvalue weighted by Gasteiger charge is 2.13. The van der Waals surface area contributed by atoms with E-state index >= 15 is 0 Å². The Morgan fingerprint density at radius 2 is 1.90 bits per heavy atom. The fraction of sp³-hybridized carbons (Fsp3) is 0.500. The molecule has 0 aliphatic heterocycles. The molecule has 0 radical (unpaired) electrons. The number of hydrogen-bond acceptors (Lipinski definition) is 3. The monoisotopic (exact) mass is 292 g/mol. The summed E-state index contributed by atoms with van der Waals surface area (Å²) in [5, 5.41) is 2.78. The van der Waals surface area contributed by atoms with Crippen LogP contribution in [0.2, 0.25) is 0 Å². The molecule has 5 heteroatoms. The lowest BCUT2D eigenvalue weighted by Gasteiger charge is -2.20. The maximum absolute atomic E-state index is 11.8. The van der Waals surface area contributed by atoms with Gasteiger partial charge in [0.05, 0.1) is 6.54 Å². The molecule has 2 amide bonds. The summed E-state index contributed by atoms with van der Waals surface area (Å²) in [6.45, 7) is 5.19. The van der Waals surface area contributed by atoms with Crippen LogP contribution in [0.1, 0.15) is 24.5 Å². The molecule has 0 saturated heterocycles. The second-order valence-corrected chi connectivity index (χ2v) is 5.06. The summed E-state index contributed by atoms with van der Waals surface area (Å²) in [5.41, 5.74) is 2.19. The van der Waals surface area contributed by atoms with Crippen molar-refractivity contribution in [2.45, 2.75) is 26.8 Å². The van der Waals surface area contributed by atoms with Crippen LogP contribution < -0.4 is 5.32 Å². The summed E-state index contributed by atoms with van der Waals surface area (Å²) in [5.74, 6) is -0.254. The first-order valence-electron chi connectivity index (χ1n) is 7.09. The Morgan fingerprint density at radius 1 is 1.24 bits per heavy atom. The summed E-state index contributed by atoms with van der Waals surface area (Å²) in [6, 6.07) is 7.94. The molecule has 0 bridgehead atoms. The minimum absolute atomic E-state index is 0.0796. The second-order valence-electron chi connectivity index (χ2n) is 5.06. The fourth-order valence-electron chi connectivity index (χ4n) is 1.87. The highest BCUT2D eigenvalue weighted by molar-refractivity contribution is 5.83. The molecule has 0 aromatic heterocycles.